The molecule has 4 rings (SSSR count). The molecule has 6 heteroatoms. The average Bonchev–Trinajstić information content (AvgIpc) is 3.10. The zero-order valence-electron chi connectivity index (χ0n) is 13.0. The Kier molecular flexibility index (Phi) is 3.93. The highest BCUT2D eigenvalue weighted by Crippen LogP contribution is 2.26. The summed E-state index contributed by atoms with van der Waals surface area (Å²) >= 11 is 1.69. The van der Waals surface area contributed by atoms with E-state index in [1.807, 2.05) is 5.51 Å². The summed E-state index contributed by atoms with van der Waals surface area (Å²) in [4.78, 5) is 17.8. The highest BCUT2D eigenvalue weighted by atomic mass is 32.1. The lowest BCUT2D eigenvalue weighted by Crippen LogP contribution is -2.47. The summed E-state index contributed by atoms with van der Waals surface area (Å²) in [6.45, 7) is 6.20. The van der Waals surface area contributed by atoms with Gasteiger partial charge in [0.2, 0.25) is 5.95 Å². The van der Waals surface area contributed by atoms with Gasteiger partial charge in [-0.1, -0.05) is 6.07 Å². The molecule has 1 atom stereocenters. The molecular formula is C17H18N5S. The van der Waals surface area contributed by atoms with Gasteiger partial charge in [-0.2, -0.15) is 0 Å². The second-order valence-corrected chi connectivity index (χ2v) is 6.65. The number of piperazine rings is 1. The zero-order chi connectivity index (χ0) is 15.6. The van der Waals surface area contributed by atoms with Crippen molar-refractivity contribution in [2.75, 3.05) is 31.1 Å². The number of rotatable bonds is 3. The first-order valence-corrected chi connectivity index (χ1v) is 8.69. The van der Waals surface area contributed by atoms with Crippen molar-refractivity contribution in [2.24, 2.45) is 0 Å². The molecule has 117 valence electrons. The maximum atomic E-state index is 4.43. The van der Waals surface area contributed by atoms with Gasteiger partial charge in [-0.25, -0.2) is 15.0 Å². The van der Waals surface area contributed by atoms with Crippen LogP contribution in [0.3, 0.4) is 0 Å². The molecule has 1 aliphatic rings. The summed E-state index contributed by atoms with van der Waals surface area (Å²) in [5, 5.41) is 0. The molecule has 1 fully saturated rings. The Balaban J connectivity index is 1.45. The number of anilines is 1. The number of aromatic nitrogens is 3. The van der Waals surface area contributed by atoms with E-state index in [1.165, 1.54) is 10.3 Å². The number of hydrogen-bond acceptors (Lipinski definition) is 6. The molecule has 0 saturated carbocycles. The summed E-state index contributed by atoms with van der Waals surface area (Å²) in [6.07, 6.45) is 3.36. The molecule has 5 nitrogen and oxygen atoms in total. The van der Waals surface area contributed by atoms with Crippen molar-refractivity contribution >= 4 is 27.5 Å². The summed E-state index contributed by atoms with van der Waals surface area (Å²) in [7, 11) is 0. The van der Waals surface area contributed by atoms with E-state index in [1.54, 1.807) is 23.7 Å². The van der Waals surface area contributed by atoms with Gasteiger partial charge in [0.15, 0.2) is 0 Å². The van der Waals surface area contributed by atoms with Crippen LogP contribution in [-0.4, -0.2) is 46.0 Å². The molecule has 2 aromatic heterocycles. The van der Waals surface area contributed by atoms with Gasteiger partial charge in [0.05, 0.1) is 15.7 Å². The second kappa shape index (κ2) is 6.22. The van der Waals surface area contributed by atoms with Crippen LogP contribution in [0.15, 0.2) is 36.1 Å². The molecular weight excluding hydrogens is 306 g/mol. The van der Waals surface area contributed by atoms with Crippen LogP contribution < -0.4 is 4.90 Å². The first-order chi connectivity index (χ1) is 11.3. The fourth-order valence-electron chi connectivity index (χ4n) is 3.07. The van der Waals surface area contributed by atoms with Crippen LogP contribution in [0.2, 0.25) is 0 Å². The number of benzene rings is 1. The van der Waals surface area contributed by atoms with Gasteiger partial charge in [0.1, 0.15) is 0 Å². The summed E-state index contributed by atoms with van der Waals surface area (Å²) in [5.74, 6) is 0.806. The Bertz CT molecular complexity index is 780. The minimum Gasteiger partial charge on any atom is -0.338 e. The van der Waals surface area contributed by atoms with E-state index < -0.39 is 0 Å². The molecule has 1 aromatic carbocycles. The Hall–Kier alpha value is -2.05. The lowest BCUT2D eigenvalue weighted by atomic mass is 10.1. The van der Waals surface area contributed by atoms with Crippen LogP contribution in [0, 0.1) is 6.07 Å². The average molecular weight is 324 g/mol. The van der Waals surface area contributed by atoms with Crippen molar-refractivity contribution in [1.29, 1.82) is 0 Å². The predicted molar refractivity (Wildman–Crippen MR) is 92.7 cm³/mol. The lowest BCUT2D eigenvalue weighted by molar-refractivity contribution is 0.198. The normalized spacial score (nSPS) is 17.5. The van der Waals surface area contributed by atoms with Crippen LogP contribution >= 0.6 is 11.3 Å². The second-order valence-electron chi connectivity index (χ2n) is 5.76. The zero-order valence-corrected chi connectivity index (χ0v) is 13.8. The van der Waals surface area contributed by atoms with E-state index in [0.29, 0.717) is 6.04 Å². The maximum Gasteiger partial charge on any atom is 0.225 e. The molecule has 3 heterocycles. The van der Waals surface area contributed by atoms with E-state index in [9.17, 15) is 0 Å². The molecule has 1 radical (unpaired) electrons. The van der Waals surface area contributed by atoms with E-state index in [2.05, 4.69) is 55.9 Å². The number of thiazole rings is 1. The SMILES string of the molecule is C[C@H](c1ccc2scnc2c1)N1CCN(c2nc[c]cn2)CC1. The number of nitrogens with zero attached hydrogens (tertiary/aromatic N) is 5. The molecule has 1 saturated heterocycles. The molecule has 0 bridgehead atoms. The summed E-state index contributed by atoms with van der Waals surface area (Å²) in [5.41, 5.74) is 4.35. The first-order valence-electron chi connectivity index (χ1n) is 7.81. The third kappa shape index (κ3) is 2.92. The van der Waals surface area contributed by atoms with Gasteiger partial charge in [-0.3, -0.25) is 4.90 Å². The Morgan fingerprint density at radius 1 is 1.09 bits per heavy atom. The highest BCUT2D eigenvalue weighted by Gasteiger charge is 2.23. The smallest absolute Gasteiger partial charge is 0.225 e. The Labute approximate surface area is 139 Å². The quantitative estimate of drug-likeness (QED) is 0.741. The van der Waals surface area contributed by atoms with Crippen molar-refractivity contribution in [3.8, 4) is 0 Å². The molecule has 23 heavy (non-hydrogen) atoms. The number of fused-ring (bicyclic) bond motifs is 1. The minimum absolute atomic E-state index is 0.397. The molecule has 0 unspecified atom stereocenters. The van der Waals surface area contributed by atoms with Crippen molar-refractivity contribution in [3.63, 3.8) is 0 Å². The lowest BCUT2D eigenvalue weighted by Gasteiger charge is -2.38. The fraction of sp³-hybridized carbons (Fsp3) is 0.353. The predicted octanol–water partition coefficient (Wildman–Crippen LogP) is 2.77. The maximum absolute atomic E-state index is 4.43. The molecule has 0 amide bonds. The highest BCUT2D eigenvalue weighted by molar-refractivity contribution is 7.16. The molecule has 0 spiro atoms. The molecule has 1 aliphatic heterocycles. The number of hydrogen-bond donors (Lipinski definition) is 0. The van der Waals surface area contributed by atoms with E-state index in [4.69, 9.17) is 0 Å². The Morgan fingerprint density at radius 3 is 2.65 bits per heavy atom. The standard InChI is InChI=1S/C17H18N5S/c1-13(14-3-4-16-15(11-14)20-12-23-16)21-7-9-22(10-8-21)17-18-5-2-6-19-17/h3-6,11-13H,7-10H2,1H3/t13-/m1/s1. The van der Waals surface area contributed by atoms with Crippen molar-refractivity contribution in [1.82, 2.24) is 19.9 Å². The third-order valence-electron chi connectivity index (χ3n) is 4.49. The third-order valence-corrected chi connectivity index (χ3v) is 5.30. The molecule has 0 aliphatic carbocycles. The fourth-order valence-corrected chi connectivity index (χ4v) is 3.73. The van der Waals surface area contributed by atoms with Gasteiger partial charge in [-0.05, 0) is 24.6 Å². The monoisotopic (exact) mass is 324 g/mol. The van der Waals surface area contributed by atoms with Gasteiger partial charge in [0.25, 0.3) is 0 Å². The van der Waals surface area contributed by atoms with Crippen LogP contribution in [-0.2, 0) is 0 Å². The van der Waals surface area contributed by atoms with E-state index in [-0.39, 0.29) is 0 Å². The van der Waals surface area contributed by atoms with E-state index in [0.717, 1.165) is 37.6 Å². The van der Waals surface area contributed by atoms with Gasteiger partial charge in [-0.15, -0.1) is 11.3 Å². The largest absolute Gasteiger partial charge is 0.338 e. The van der Waals surface area contributed by atoms with Crippen molar-refractivity contribution in [2.45, 2.75) is 13.0 Å². The van der Waals surface area contributed by atoms with Gasteiger partial charge < -0.3 is 4.90 Å². The van der Waals surface area contributed by atoms with Crippen LogP contribution in [0.5, 0.6) is 0 Å². The van der Waals surface area contributed by atoms with Crippen molar-refractivity contribution < 1.29 is 0 Å². The first kappa shape index (κ1) is 14.5. The molecule has 3 aromatic rings. The van der Waals surface area contributed by atoms with Crippen LogP contribution in [0.25, 0.3) is 10.2 Å². The van der Waals surface area contributed by atoms with Crippen molar-refractivity contribution in [3.05, 3.63) is 47.7 Å². The van der Waals surface area contributed by atoms with E-state index >= 15 is 0 Å². The van der Waals surface area contributed by atoms with Crippen LogP contribution in [0.4, 0.5) is 5.95 Å². The summed E-state index contributed by atoms with van der Waals surface area (Å²) in [6, 6.07) is 9.90. The van der Waals surface area contributed by atoms with Crippen LogP contribution in [0.1, 0.15) is 18.5 Å². The molecule has 0 N–H and O–H groups in total. The minimum atomic E-state index is 0.397. The summed E-state index contributed by atoms with van der Waals surface area (Å²) < 4.78 is 1.25. The van der Waals surface area contributed by atoms with Gasteiger partial charge >= 0.3 is 0 Å². The Morgan fingerprint density at radius 2 is 1.87 bits per heavy atom. The van der Waals surface area contributed by atoms with Gasteiger partial charge in [0, 0.05) is 50.7 Å². The topological polar surface area (TPSA) is 45.2 Å².